The molecule has 0 radical (unpaired) electrons. The molecule has 0 bridgehead atoms. The Bertz CT molecular complexity index is 124. The first-order valence-electron chi connectivity index (χ1n) is 3.54. The van der Waals surface area contributed by atoms with Crippen molar-refractivity contribution < 1.29 is 0 Å². The number of fused-ring (bicyclic) bond motifs is 1. The minimum atomic E-state index is 0.991. The summed E-state index contributed by atoms with van der Waals surface area (Å²) in [6.45, 7) is 2.37. The first-order valence-corrected chi connectivity index (χ1v) is 3.54. The van der Waals surface area contributed by atoms with Gasteiger partial charge in [0.25, 0.3) is 0 Å². The Morgan fingerprint density at radius 3 is 2.88 bits per heavy atom. The molecular formula is C8H12. The lowest BCUT2D eigenvalue weighted by atomic mass is 9.67. The lowest BCUT2D eigenvalue weighted by Crippen LogP contribution is -2.29. The molecule has 0 heteroatoms. The van der Waals surface area contributed by atoms with E-state index in [-0.39, 0.29) is 0 Å². The summed E-state index contributed by atoms with van der Waals surface area (Å²) in [7, 11) is 0. The molecule has 0 aromatic carbocycles. The normalized spacial score (nSPS) is 50.9. The molecule has 0 nitrogen and oxygen atoms in total. The summed E-state index contributed by atoms with van der Waals surface area (Å²) in [6, 6.07) is 0. The van der Waals surface area contributed by atoms with E-state index in [0.29, 0.717) is 0 Å². The molecule has 0 N–H and O–H groups in total. The quantitative estimate of drug-likeness (QED) is 0.417. The van der Waals surface area contributed by atoms with Crippen LogP contribution in [0.4, 0.5) is 0 Å². The third-order valence-corrected chi connectivity index (χ3v) is 2.72. The molecule has 0 aliphatic heterocycles. The molecule has 1 fully saturated rings. The van der Waals surface area contributed by atoms with Crippen molar-refractivity contribution >= 4 is 0 Å². The molecular weight excluding hydrogens is 96.1 g/mol. The van der Waals surface area contributed by atoms with Gasteiger partial charge in [-0.15, -0.1) is 0 Å². The topological polar surface area (TPSA) is 0 Å². The van der Waals surface area contributed by atoms with Gasteiger partial charge in [-0.3, -0.25) is 0 Å². The van der Waals surface area contributed by atoms with Crippen LogP contribution >= 0.6 is 0 Å². The molecule has 0 aromatic rings. The zero-order valence-electron chi connectivity index (χ0n) is 5.30. The van der Waals surface area contributed by atoms with Gasteiger partial charge in [0.15, 0.2) is 0 Å². The van der Waals surface area contributed by atoms with Crippen LogP contribution in [0, 0.1) is 17.8 Å². The minimum Gasteiger partial charge on any atom is -0.0879 e. The largest absolute Gasteiger partial charge is 0.0879 e. The van der Waals surface area contributed by atoms with Crippen LogP contribution in [0.15, 0.2) is 12.2 Å². The van der Waals surface area contributed by atoms with Crippen LogP contribution < -0.4 is 0 Å². The van der Waals surface area contributed by atoms with Gasteiger partial charge in [0, 0.05) is 0 Å². The van der Waals surface area contributed by atoms with Gasteiger partial charge in [0.2, 0.25) is 0 Å². The highest BCUT2D eigenvalue weighted by molar-refractivity contribution is 5.08. The van der Waals surface area contributed by atoms with Crippen molar-refractivity contribution in [1.29, 1.82) is 0 Å². The Kier molecular flexibility index (Phi) is 0.787. The number of hydrogen-bond donors (Lipinski definition) is 0. The summed E-state index contributed by atoms with van der Waals surface area (Å²) >= 11 is 0. The fourth-order valence-corrected chi connectivity index (χ4v) is 2.04. The minimum absolute atomic E-state index is 0.991. The maximum Gasteiger partial charge on any atom is -0.0197 e. The van der Waals surface area contributed by atoms with Gasteiger partial charge in [0.05, 0.1) is 0 Å². The Hall–Kier alpha value is -0.260. The van der Waals surface area contributed by atoms with Crippen molar-refractivity contribution in [3.8, 4) is 0 Å². The fourth-order valence-electron chi connectivity index (χ4n) is 2.04. The van der Waals surface area contributed by atoms with Gasteiger partial charge in [0.1, 0.15) is 0 Å². The molecule has 0 heterocycles. The van der Waals surface area contributed by atoms with E-state index in [1.165, 1.54) is 12.8 Å². The van der Waals surface area contributed by atoms with Crippen LogP contribution in [-0.2, 0) is 0 Å². The Balaban J connectivity index is 2.08. The zero-order valence-corrected chi connectivity index (χ0v) is 5.30. The van der Waals surface area contributed by atoms with E-state index in [4.69, 9.17) is 0 Å². The second-order valence-corrected chi connectivity index (χ2v) is 3.20. The molecule has 0 saturated heterocycles. The second-order valence-electron chi connectivity index (χ2n) is 3.20. The second kappa shape index (κ2) is 1.37. The number of rotatable bonds is 0. The first-order chi connectivity index (χ1) is 3.88. The van der Waals surface area contributed by atoms with Crippen molar-refractivity contribution in [1.82, 2.24) is 0 Å². The highest BCUT2D eigenvalue weighted by atomic mass is 14.4. The van der Waals surface area contributed by atoms with E-state index in [1.807, 2.05) is 0 Å². The van der Waals surface area contributed by atoms with Crippen molar-refractivity contribution in [3.63, 3.8) is 0 Å². The summed E-state index contributed by atoms with van der Waals surface area (Å²) < 4.78 is 0. The molecule has 2 aliphatic carbocycles. The average Bonchev–Trinajstić information content (AvgIpc) is 2.09. The molecule has 44 valence electrons. The fraction of sp³-hybridized carbons (Fsp3) is 0.750. The van der Waals surface area contributed by atoms with E-state index in [0.717, 1.165) is 17.8 Å². The Labute approximate surface area is 50.6 Å². The first kappa shape index (κ1) is 4.60. The average molecular weight is 108 g/mol. The molecule has 3 atom stereocenters. The van der Waals surface area contributed by atoms with Gasteiger partial charge >= 0.3 is 0 Å². The van der Waals surface area contributed by atoms with Crippen LogP contribution in [0.2, 0.25) is 0 Å². The van der Waals surface area contributed by atoms with E-state index in [9.17, 15) is 0 Å². The van der Waals surface area contributed by atoms with E-state index in [1.54, 1.807) is 0 Å². The van der Waals surface area contributed by atoms with Crippen LogP contribution in [0.5, 0.6) is 0 Å². The van der Waals surface area contributed by atoms with E-state index >= 15 is 0 Å². The molecule has 0 spiro atoms. The summed E-state index contributed by atoms with van der Waals surface area (Å²) in [4.78, 5) is 0. The Morgan fingerprint density at radius 2 is 2.38 bits per heavy atom. The maximum absolute atomic E-state index is 2.39. The van der Waals surface area contributed by atoms with Gasteiger partial charge in [-0.25, -0.2) is 0 Å². The molecule has 0 amide bonds. The summed E-state index contributed by atoms with van der Waals surface area (Å²) in [5.41, 5.74) is 0. The number of allylic oxidation sites excluding steroid dienone is 2. The van der Waals surface area contributed by atoms with Gasteiger partial charge in [-0.05, 0) is 30.6 Å². The summed E-state index contributed by atoms with van der Waals surface area (Å²) in [5, 5.41) is 0. The predicted octanol–water partition coefficient (Wildman–Crippen LogP) is 2.22. The van der Waals surface area contributed by atoms with E-state index in [2.05, 4.69) is 19.1 Å². The summed E-state index contributed by atoms with van der Waals surface area (Å²) in [6.07, 6.45) is 7.57. The van der Waals surface area contributed by atoms with Gasteiger partial charge < -0.3 is 0 Å². The maximum atomic E-state index is 2.39. The third kappa shape index (κ3) is 0.410. The number of hydrogen-bond acceptors (Lipinski definition) is 0. The van der Waals surface area contributed by atoms with Crippen LogP contribution in [-0.4, -0.2) is 0 Å². The third-order valence-electron chi connectivity index (χ3n) is 2.72. The molecule has 1 saturated carbocycles. The SMILES string of the molecule is C[C@@H]1C[C@H]2C=CC[C@@H]12. The van der Waals surface area contributed by atoms with Crippen LogP contribution in [0.3, 0.4) is 0 Å². The van der Waals surface area contributed by atoms with Crippen LogP contribution in [0.25, 0.3) is 0 Å². The van der Waals surface area contributed by atoms with Crippen molar-refractivity contribution in [2.75, 3.05) is 0 Å². The highest BCUT2D eigenvalue weighted by Gasteiger charge is 2.37. The standard InChI is InChI=1S/C8H12/c1-6-5-7-3-2-4-8(6)7/h2-3,6-8H,4-5H2,1H3/t6-,7-,8+/m1/s1. The zero-order chi connectivity index (χ0) is 5.56. The van der Waals surface area contributed by atoms with Crippen molar-refractivity contribution in [2.24, 2.45) is 17.8 Å². The lowest BCUT2D eigenvalue weighted by molar-refractivity contribution is 0.143. The van der Waals surface area contributed by atoms with Crippen molar-refractivity contribution in [3.05, 3.63) is 12.2 Å². The smallest absolute Gasteiger partial charge is 0.0197 e. The lowest BCUT2D eigenvalue weighted by Gasteiger charge is -2.37. The molecule has 0 aromatic heterocycles. The molecule has 8 heavy (non-hydrogen) atoms. The monoisotopic (exact) mass is 108 g/mol. The van der Waals surface area contributed by atoms with Crippen LogP contribution in [0.1, 0.15) is 19.8 Å². The Morgan fingerprint density at radius 1 is 1.50 bits per heavy atom. The predicted molar refractivity (Wildman–Crippen MR) is 34.5 cm³/mol. The highest BCUT2D eigenvalue weighted by Crippen LogP contribution is 2.46. The van der Waals surface area contributed by atoms with E-state index < -0.39 is 0 Å². The molecule has 0 unspecified atom stereocenters. The molecule has 2 rings (SSSR count). The van der Waals surface area contributed by atoms with Gasteiger partial charge in [-0.2, -0.15) is 0 Å². The summed E-state index contributed by atoms with van der Waals surface area (Å²) in [5.74, 6) is 3.06. The van der Waals surface area contributed by atoms with Crippen molar-refractivity contribution in [2.45, 2.75) is 19.8 Å². The van der Waals surface area contributed by atoms with Gasteiger partial charge in [-0.1, -0.05) is 19.1 Å². The molecule has 2 aliphatic rings.